The van der Waals surface area contributed by atoms with Crippen molar-refractivity contribution in [3.05, 3.63) is 24.3 Å². The molecular weight excluding hydrogens is 381 g/mol. The molecular formula is C16H24NO9P. The van der Waals surface area contributed by atoms with Gasteiger partial charge in [-0.05, 0) is 24.3 Å². The van der Waals surface area contributed by atoms with Crippen LogP contribution in [0.1, 0.15) is 0 Å². The number of aliphatic hydroxyl groups excluding tert-OH is 2. The summed E-state index contributed by atoms with van der Waals surface area (Å²) in [6.07, 6.45) is -4.80. The standard InChI is InChI=1S/C16H24NO9P/c1-22-11-2-4-12(5-3-11)25-16-15(19)14(18)13(26-16)10-24-27(20,21)17-6-8-23-9-7-17/h2-5,13-16,18-19H,6-10H2,1H3,(H,20,21)/t13-,14-,15-,16-/m1/s1. The Morgan fingerprint density at radius 1 is 1.15 bits per heavy atom. The first-order valence-electron chi connectivity index (χ1n) is 8.53. The van der Waals surface area contributed by atoms with E-state index in [9.17, 15) is 19.7 Å². The summed E-state index contributed by atoms with van der Waals surface area (Å²) in [6.45, 7) is 0.854. The highest BCUT2D eigenvalue weighted by atomic mass is 31.2. The van der Waals surface area contributed by atoms with E-state index in [4.69, 9.17) is 23.5 Å². The summed E-state index contributed by atoms with van der Waals surface area (Å²) in [5.74, 6) is 1.05. The van der Waals surface area contributed by atoms with Gasteiger partial charge in [0.05, 0.1) is 26.9 Å². The van der Waals surface area contributed by atoms with E-state index in [0.717, 1.165) is 0 Å². The monoisotopic (exact) mass is 405 g/mol. The van der Waals surface area contributed by atoms with Gasteiger partial charge in [-0.3, -0.25) is 4.52 Å². The Kier molecular flexibility index (Phi) is 6.72. The highest BCUT2D eigenvalue weighted by Gasteiger charge is 2.45. The molecule has 11 heteroatoms. The summed E-state index contributed by atoms with van der Waals surface area (Å²) in [4.78, 5) is 10.1. The van der Waals surface area contributed by atoms with E-state index in [2.05, 4.69) is 0 Å². The first kappa shape index (κ1) is 20.5. The molecule has 152 valence electrons. The molecule has 0 aliphatic carbocycles. The topological polar surface area (TPSA) is 127 Å². The largest absolute Gasteiger partial charge is 0.497 e. The van der Waals surface area contributed by atoms with E-state index in [-0.39, 0.29) is 19.7 Å². The Bertz CT molecular complexity index is 652. The van der Waals surface area contributed by atoms with Gasteiger partial charge >= 0.3 is 7.75 Å². The summed E-state index contributed by atoms with van der Waals surface area (Å²) >= 11 is 0. The molecule has 10 nitrogen and oxygen atoms in total. The molecule has 0 spiro atoms. The van der Waals surface area contributed by atoms with Crippen LogP contribution in [0.25, 0.3) is 0 Å². The molecule has 2 aliphatic rings. The summed E-state index contributed by atoms with van der Waals surface area (Å²) in [7, 11) is -2.50. The van der Waals surface area contributed by atoms with Crippen molar-refractivity contribution in [2.45, 2.75) is 24.6 Å². The number of rotatable bonds is 7. The van der Waals surface area contributed by atoms with Crippen molar-refractivity contribution in [1.29, 1.82) is 0 Å². The van der Waals surface area contributed by atoms with Crippen molar-refractivity contribution in [1.82, 2.24) is 4.67 Å². The Labute approximate surface area is 156 Å². The van der Waals surface area contributed by atoms with Crippen LogP contribution in [-0.2, 0) is 18.6 Å². The second-order valence-electron chi connectivity index (χ2n) is 6.17. The number of methoxy groups -OCH3 is 1. The van der Waals surface area contributed by atoms with Crippen LogP contribution in [0.3, 0.4) is 0 Å². The van der Waals surface area contributed by atoms with E-state index < -0.39 is 32.3 Å². The third kappa shape index (κ3) is 4.98. The van der Waals surface area contributed by atoms with E-state index in [1.165, 1.54) is 11.8 Å². The van der Waals surface area contributed by atoms with Crippen molar-refractivity contribution in [2.24, 2.45) is 0 Å². The van der Waals surface area contributed by atoms with Gasteiger partial charge in [-0.2, -0.15) is 0 Å². The normalized spacial score (nSPS) is 31.4. The number of hydrogen-bond acceptors (Lipinski definition) is 8. The Balaban J connectivity index is 1.55. The number of ether oxygens (including phenoxy) is 4. The van der Waals surface area contributed by atoms with Gasteiger partial charge in [0, 0.05) is 13.1 Å². The molecule has 0 saturated carbocycles. The van der Waals surface area contributed by atoms with Gasteiger partial charge in [-0.25, -0.2) is 9.24 Å². The molecule has 2 fully saturated rings. The van der Waals surface area contributed by atoms with E-state index >= 15 is 0 Å². The van der Waals surface area contributed by atoms with Gasteiger partial charge < -0.3 is 34.1 Å². The van der Waals surface area contributed by atoms with Crippen LogP contribution in [-0.4, -0.2) is 84.4 Å². The lowest BCUT2D eigenvalue weighted by Gasteiger charge is -2.30. The molecule has 3 N–H and O–H groups in total. The zero-order chi connectivity index (χ0) is 19.4. The number of aliphatic hydroxyl groups is 2. The smallest absolute Gasteiger partial charge is 0.405 e. The minimum atomic E-state index is -4.04. The maximum Gasteiger partial charge on any atom is 0.405 e. The molecule has 0 radical (unpaired) electrons. The highest BCUT2D eigenvalue weighted by molar-refractivity contribution is 7.50. The number of nitrogens with zero attached hydrogens (tertiary/aromatic N) is 1. The molecule has 2 aliphatic heterocycles. The average molecular weight is 405 g/mol. The first-order chi connectivity index (χ1) is 12.9. The van der Waals surface area contributed by atoms with Crippen molar-refractivity contribution in [3.63, 3.8) is 0 Å². The van der Waals surface area contributed by atoms with Gasteiger partial charge in [0.1, 0.15) is 29.8 Å². The molecule has 0 aromatic heterocycles. The second-order valence-corrected chi connectivity index (χ2v) is 7.97. The predicted octanol–water partition coefficient (Wildman–Crippen LogP) is -0.0301. The predicted molar refractivity (Wildman–Crippen MR) is 92.5 cm³/mol. The van der Waals surface area contributed by atoms with Crippen LogP contribution < -0.4 is 9.47 Å². The van der Waals surface area contributed by atoms with Gasteiger partial charge in [-0.15, -0.1) is 0 Å². The zero-order valence-corrected chi connectivity index (χ0v) is 15.7. The van der Waals surface area contributed by atoms with Gasteiger partial charge in [-0.1, -0.05) is 0 Å². The summed E-state index contributed by atoms with van der Waals surface area (Å²) in [6, 6.07) is 6.62. The lowest BCUT2D eigenvalue weighted by atomic mass is 10.1. The Morgan fingerprint density at radius 2 is 1.78 bits per heavy atom. The molecule has 1 unspecified atom stereocenters. The van der Waals surface area contributed by atoms with Crippen molar-refractivity contribution >= 4 is 7.75 Å². The highest BCUT2D eigenvalue weighted by Crippen LogP contribution is 2.47. The fraction of sp³-hybridized carbons (Fsp3) is 0.625. The molecule has 2 heterocycles. The average Bonchev–Trinajstić information content (AvgIpc) is 2.96. The molecule has 5 atom stereocenters. The molecule has 0 bridgehead atoms. The fourth-order valence-corrected chi connectivity index (χ4v) is 3.97. The third-order valence-electron chi connectivity index (χ3n) is 4.38. The summed E-state index contributed by atoms with van der Waals surface area (Å²) < 4.78 is 39.9. The lowest BCUT2D eigenvalue weighted by molar-refractivity contribution is -0.115. The van der Waals surface area contributed by atoms with Crippen LogP contribution in [0, 0.1) is 0 Å². The second kappa shape index (κ2) is 8.85. The number of hydrogen-bond donors (Lipinski definition) is 3. The number of benzene rings is 1. The lowest BCUT2D eigenvalue weighted by Crippen LogP contribution is -2.37. The molecule has 27 heavy (non-hydrogen) atoms. The van der Waals surface area contributed by atoms with Crippen molar-refractivity contribution < 1.29 is 43.1 Å². The molecule has 3 rings (SSSR count). The van der Waals surface area contributed by atoms with Crippen LogP contribution in [0.2, 0.25) is 0 Å². The van der Waals surface area contributed by atoms with E-state index in [1.807, 2.05) is 0 Å². The van der Waals surface area contributed by atoms with Gasteiger partial charge in [0.25, 0.3) is 0 Å². The SMILES string of the molecule is COc1ccc(O[C@@H]2O[C@H](COP(=O)(O)N3CCOCC3)[C@@H](O)[C@H]2O)cc1. The maximum absolute atomic E-state index is 12.3. The summed E-state index contributed by atoms with van der Waals surface area (Å²) in [5.41, 5.74) is 0. The van der Waals surface area contributed by atoms with Crippen LogP contribution >= 0.6 is 7.75 Å². The summed E-state index contributed by atoms with van der Waals surface area (Å²) in [5, 5.41) is 20.3. The fourth-order valence-electron chi connectivity index (χ4n) is 2.80. The Morgan fingerprint density at radius 3 is 2.41 bits per heavy atom. The van der Waals surface area contributed by atoms with Crippen molar-refractivity contribution in [3.8, 4) is 11.5 Å². The van der Waals surface area contributed by atoms with Gasteiger partial charge in [0.2, 0.25) is 6.29 Å². The molecule has 1 aromatic carbocycles. The first-order valence-corrected chi connectivity index (χ1v) is 10.1. The quantitative estimate of drug-likeness (QED) is 0.532. The van der Waals surface area contributed by atoms with Crippen LogP contribution in [0.4, 0.5) is 0 Å². The zero-order valence-electron chi connectivity index (χ0n) is 14.8. The van der Waals surface area contributed by atoms with Gasteiger partial charge in [0.15, 0.2) is 0 Å². The van der Waals surface area contributed by atoms with Crippen LogP contribution in [0.15, 0.2) is 24.3 Å². The molecule has 2 saturated heterocycles. The van der Waals surface area contributed by atoms with Crippen molar-refractivity contribution in [2.75, 3.05) is 40.0 Å². The maximum atomic E-state index is 12.3. The van der Waals surface area contributed by atoms with E-state index in [1.54, 1.807) is 24.3 Å². The number of morpholine rings is 1. The third-order valence-corrected chi connectivity index (χ3v) is 5.98. The van der Waals surface area contributed by atoms with Crippen LogP contribution in [0.5, 0.6) is 11.5 Å². The molecule has 1 aromatic rings. The Hall–Kier alpha value is -1.23. The minimum absolute atomic E-state index is 0.272. The molecule has 0 amide bonds. The minimum Gasteiger partial charge on any atom is -0.497 e. The van der Waals surface area contributed by atoms with E-state index in [0.29, 0.717) is 24.7 Å².